The summed E-state index contributed by atoms with van der Waals surface area (Å²) in [6.45, 7) is 7.76. The molecule has 0 unspecified atom stereocenters. The Morgan fingerprint density at radius 3 is 2.69 bits per heavy atom. The predicted octanol–water partition coefficient (Wildman–Crippen LogP) is 3.98. The molecule has 1 aliphatic rings. The van der Waals surface area contributed by atoms with Crippen molar-refractivity contribution >= 4 is 33.9 Å². The molecule has 0 atom stereocenters. The summed E-state index contributed by atoms with van der Waals surface area (Å²) in [7, 11) is 0. The van der Waals surface area contributed by atoms with Crippen LogP contribution in [0.25, 0.3) is 0 Å². The quantitative estimate of drug-likeness (QED) is 0.570. The van der Waals surface area contributed by atoms with Crippen LogP contribution in [0.4, 0.5) is 16.6 Å². The van der Waals surface area contributed by atoms with Gasteiger partial charge in [0.15, 0.2) is 5.13 Å². The van der Waals surface area contributed by atoms with Crippen molar-refractivity contribution < 1.29 is 4.79 Å². The number of aromatic nitrogens is 2. The molecule has 1 fully saturated rings. The fourth-order valence-electron chi connectivity index (χ4n) is 3.99. The number of rotatable bonds is 6. The lowest BCUT2D eigenvalue weighted by molar-refractivity contribution is -0.115. The van der Waals surface area contributed by atoms with E-state index in [2.05, 4.69) is 33.8 Å². The SMILES string of the molecule is CCc1ccccc1N(C(C)=O)c1nc(CN2CCN(c3ncccc3C#N)CC2)cs1. The molecule has 8 heteroatoms. The molecule has 0 spiro atoms. The summed E-state index contributed by atoms with van der Waals surface area (Å²) < 4.78 is 0. The van der Waals surface area contributed by atoms with Gasteiger partial charge in [-0.2, -0.15) is 5.26 Å². The number of anilines is 3. The highest BCUT2D eigenvalue weighted by Gasteiger charge is 2.23. The van der Waals surface area contributed by atoms with Gasteiger partial charge in [-0.15, -0.1) is 11.3 Å². The number of benzene rings is 1. The third kappa shape index (κ3) is 4.64. The van der Waals surface area contributed by atoms with Crippen LogP contribution >= 0.6 is 11.3 Å². The van der Waals surface area contributed by atoms with Crippen molar-refractivity contribution in [3.63, 3.8) is 0 Å². The van der Waals surface area contributed by atoms with Crippen LogP contribution < -0.4 is 9.80 Å². The minimum absolute atomic E-state index is 0.0379. The van der Waals surface area contributed by atoms with Gasteiger partial charge in [0.1, 0.15) is 11.9 Å². The first-order valence-electron chi connectivity index (χ1n) is 10.8. The van der Waals surface area contributed by atoms with E-state index in [1.807, 2.05) is 29.6 Å². The zero-order chi connectivity index (χ0) is 22.5. The van der Waals surface area contributed by atoms with E-state index in [9.17, 15) is 10.1 Å². The van der Waals surface area contributed by atoms with Gasteiger partial charge in [0, 0.05) is 51.2 Å². The van der Waals surface area contributed by atoms with Gasteiger partial charge in [0.05, 0.1) is 16.9 Å². The van der Waals surface area contributed by atoms with Gasteiger partial charge in [0.25, 0.3) is 0 Å². The lowest BCUT2D eigenvalue weighted by Crippen LogP contribution is -2.46. The van der Waals surface area contributed by atoms with Crippen molar-refractivity contribution in [1.82, 2.24) is 14.9 Å². The fraction of sp³-hybridized carbons (Fsp3) is 0.333. The molecule has 0 radical (unpaired) electrons. The molecule has 1 aromatic carbocycles. The Kier molecular flexibility index (Phi) is 6.78. The van der Waals surface area contributed by atoms with Crippen LogP contribution in [0.5, 0.6) is 0 Å². The fourth-order valence-corrected chi connectivity index (χ4v) is 4.86. The first-order chi connectivity index (χ1) is 15.6. The van der Waals surface area contributed by atoms with Gasteiger partial charge < -0.3 is 4.90 Å². The van der Waals surface area contributed by atoms with Crippen molar-refractivity contribution in [2.45, 2.75) is 26.8 Å². The number of para-hydroxylation sites is 1. The van der Waals surface area contributed by atoms with Crippen LogP contribution in [-0.2, 0) is 17.8 Å². The number of nitriles is 1. The molecule has 0 aliphatic carbocycles. The molecule has 2 aromatic heterocycles. The van der Waals surface area contributed by atoms with E-state index < -0.39 is 0 Å². The van der Waals surface area contributed by atoms with E-state index in [0.29, 0.717) is 10.7 Å². The normalized spacial score (nSPS) is 14.2. The van der Waals surface area contributed by atoms with Crippen molar-refractivity contribution in [3.05, 3.63) is 64.8 Å². The van der Waals surface area contributed by atoms with Crippen LogP contribution in [-0.4, -0.2) is 47.0 Å². The minimum Gasteiger partial charge on any atom is -0.353 e. The molecule has 0 N–H and O–H groups in total. The summed E-state index contributed by atoms with van der Waals surface area (Å²) in [5.41, 5.74) is 3.61. The van der Waals surface area contributed by atoms with Crippen molar-refractivity contribution in [2.24, 2.45) is 0 Å². The van der Waals surface area contributed by atoms with Crippen LogP contribution in [0.1, 0.15) is 30.7 Å². The van der Waals surface area contributed by atoms with Gasteiger partial charge in [-0.25, -0.2) is 9.97 Å². The molecule has 4 rings (SSSR count). The van der Waals surface area contributed by atoms with Crippen molar-refractivity contribution in [2.75, 3.05) is 36.0 Å². The Hall–Kier alpha value is -3.28. The number of hydrogen-bond acceptors (Lipinski definition) is 7. The number of piperazine rings is 1. The summed E-state index contributed by atoms with van der Waals surface area (Å²) in [5, 5.41) is 12.1. The molecule has 32 heavy (non-hydrogen) atoms. The molecule has 0 saturated carbocycles. The molecule has 1 aliphatic heterocycles. The number of aryl methyl sites for hydroxylation is 1. The van der Waals surface area contributed by atoms with Crippen LogP contribution in [0, 0.1) is 11.3 Å². The second-order valence-electron chi connectivity index (χ2n) is 7.71. The summed E-state index contributed by atoms with van der Waals surface area (Å²) in [6, 6.07) is 13.8. The number of nitrogens with zero attached hydrogens (tertiary/aromatic N) is 6. The van der Waals surface area contributed by atoms with Gasteiger partial charge in [-0.1, -0.05) is 25.1 Å². The molecule has 3 heterocycles. The van der Waals surface area contributed by atoms with E-state index in [-0.39, 0.29) is 5.91 Å². The van der Waals surface area contributed by atoms with E-state index in [0.717, 1.165) is 61.9 Å². The first kappa shape index (κ1) is 21.9. The second kappa shape index (κ2) is 9.90. The molecule has 1 amide bonds. The van der Waals surface area contributed by atoms with Gasteiger partial charge in [-0.3, -0.25) is 14.6 Å². The average Bonchev–Trinajstić information content (AvgIpc) is 3.27. The molecule has 0 bridgehead atoms. The predicted molar refractivity (Wildman–Crippen MR) is 127 cm³/mol. The lowest BCUT2D eigenvalue weighted by Gasteiger charge is -2.35. The number of pyridine rings is 1. The molecule has 7 nitrogen and oxygen atoms in total. The Morgan fingerprint density at radius 1 is 1.19 bits per heavy atom. The number of thiazole rings is 1. The highest BCUT2D eigenvalue weighted by molar-refractivity contribution is 7.14. The van der Waals surface area contributed by atoms with Crippen LogP contribution in [0.15, 0.2) is 48.0 Å². The van der Waals surface area contributed by atoms with Gasteiger partial charge in [-0.05, 0) is 30.2 Å². The van der Waals surface area contributed by atoms with E-state index in [1.165, 1.54) is 11.3 Å². The van der Waals surface area contributed by atoms with E-state index in [1.54, 1.807) is 24.1 Å². The maximum atomic E-state index is 12.5. The topological polar surface area (TPSA) is 76.4 Å². The Balaban J connectivity index is 1.43. The Bertz CT molecular complexity index is 1130. The van der Waals surface area contributed by atoms with Crippen LogP contribution in [0.3, 0.4) is 0 Å². The monoisotopic (exact) mass is 446 g/mol. The summed E-state index contributed by atoms with van der Waals surface area (Å²) in [4.78, 5) is 27.9. The highest BCUT2D eigenvalue weighted by Crippen LogP contribution is 2.32. The molecular formula is C24H26N6OS. The molecule has 1 saturated heterocycles. The van der Waals surface area contributed by atoms with Gasteiger partial charge >= 0.3 is 0 Å². The third-order valence-corrected chi connectivity index (χ3v) is 6.50. The summed E-state index contributed by atoms with van der Waals surface area (Å²) in [6.07, 6.45) is 2.59. The first-order valence-corrected chi connectivity index (χ1v) is 11.6. The average molecular weight is 447 g/mol. The maximum Gasteiger partial charge on any atom is 0.230 e. The number of hydrogen-bond donors (Lipinski definition) is 0. The minimum atomic E-state index is -0.0379. The number of carbonyl (C=O) groups is 1. The van der Waals surface area contributed by atoms with Gasteiger partial charge in [0.2, 0.25) is 5.91 Å². The Labute approximate surface area is 192 Å². The number of carbonyl (C=O) groups excluding carboxylic acids is 1. The smallest absolute Gasteiger partial charge is 0.230 e. The maximum absolute atomic E-state index is 12.5. The number of amides is 1. The Morgan fingerprint density at radius 2 is 1.97 bits per heavy atom. The zero-order valence-electron chi connectivity index (χ0n) is 18.4. The summed E-state index contributed by atoms with van der Waals surface area (Å²) in [5.74, 6) is 0.723. The van der Waals surface area contributed by atoms with Crippen LogP contribution in [0.2, 0.25) is 0 Å². The molecular weight excluding hydrogens is 420 g/mol. The second-order valence-corrected chi connectivity index (χ2v) is 8.54. The molecule has 3 aromatic rings. The highest BCUT2D eigenvalue weighted by atomic mass is 32.1. The van der Waals surface area contributed by atoms with Crippen molar-refractivity contribution in [1.29, 1.82) is 5.26 Å². The lowest BCUT2D eigenvalue weighted by atomic mass is 10.1. The van der Waals surface area contributed by atoms with E-state index in [4.69, 9.17) is 4.98 Å². The molecule has 164 valence electrons. The third-order valence-electron chi connectivity index (χ3n) is 5.62. The largest absolute Gasteiger partial charge is 0.353 e. The van der Waals surface area contributed by atoms with Crippen molar-refractivity contribution in [3.8, 4) is 6.07 Å². The zero-order valence-corrected chi connectivity index (χ0v) is 19.2. The standard InChI is InChI=1S/C24H26N6OS/c1-3-19-7-4-5-9-22(19)30(18(2)31)24-27-21(17-32-24)16-28-11-13-29(14-12-28)23-20(15-25)8-6-10-26-23/h4-10,17H,3,11-14,16H2,1-2H3. The van der Waals surface area contributed by atoms with E-state index >= 15 is 0 Å². The summed E-state index contributed by atoms with van der Waals surface area (Å²) >= 11 is 1.50.